The van der Waals surface area contributed by atoms with Gasteiger partial charge in [0.2, 0.25) is 0 Å². The van der Waals surface area contributed by atoms with Crippen LogP contribution in [0.15, 0.2) is 12.1 Å². The molecular formula is C9H10Cl2FNO. The Morgan fingerprint density at radius 1 is 1.43 bits per heavy atom. The van der Waals surface area contributed by atoms with Crippen LogP contribution in [-0.4, -0.2) is 18.7 Å². The van der Waals surface area contributed by atoms with Gasteiger partial charge in [0.05, 0.1) is 16.1 Å². The largest absolute Gasteiger partial charge is 0.387 e. The molecule has 0 aromatic heterocycles. The summed E-state index contributed by atoms with van der Waals surface area (Å²) in [5.74, 6) is -0.659. The molecule has 0 aliphatic rings. The van der Waals surface area contributed by atoms with Crippen LogP contribution in [0.1, 0.15) is 11.7 Å². The summed E-state index contributed by atoms with van der Waals surface area (Å²) >= 11 is 11.1. The van der Waals surface area contributed by atoms with E-state index in [9.17, 15) is 9.50 Å². The molecule has 0 bridgehead atoms. The van der Waals surface area contributed by atoms with E-state index >= 15 is 0 Å². The Balaban J connectivity index is 3.00. The van der Waals surface area contributed by atoms with Gasteiger partial charge >= 0.3 is 0 Å². The van der Waals surface area contributed by atoms with Gasteiger partial charge in [0.15, 0.2) is 5.82 Å². The zero-order chi connectivity index (χ0) is 10.7. The molecule has 1 unspecified atom stereocenters. The molecule has 1 rings (SSSR count). The molecule has 1 atom stereocenters. The van der Waals surface area contributed by atoms with E-state index < -0.39 is 11.9 Å². The molecule has 0 spiro atoms. The molecule has 0 aliphatic carbocycles. The highest BCUT2D eigenvalue weighted by Gasteiger charge is 2.12. The van der Waals surface area contributed by atoms with E-state index in [1.54, 1.807) is 7.05 Å². The van der Waals surface area contributed by atoms with Gasteiger partial charge in [-0.15, -0.1) is 0 Å². The van der Waals surface area contributed by atoms with Gasteiger partial charge in [0, 0.05) is 6.54 Å². The van der Waals surface area contributed by atoms with Crippen molar-refractivity contribution in [2.45, 2.75) is 6.10 Å². The zero-order valence-electron chi connectivity index (χ0n) is 7.52. The molecule has 0 radical (unpaired) electrons. The maximum absolute atomic E-state index is 13.0. The lowest BCUT2D eigenvalue weighted by Crippen LogP contribution is -2.16. The van der Waals surface area contributed by atoms with Crippen molar-refractivity contribution in [1.29, 1.82) is 0 Å². The van der Waals surface area contributed by atoms with E-state index in [0.29, 0.717) is 12.1 Å². The van der Waals surface area contributed by atoms with Gasteiger partial charge in [0.1, 0.15) is 0 Å². The summed E-state index contributed by atoms with van der Waals surface area (Å²) in [6, 6.07) is 2.73. The number of hydrogen-bond acceptors (Lipinski definition) is 2. The van der Waals surface area contributed by atoms with Crippen molar-refractivity contribution >= 4 is 23.2 Å². The van der Waals surface area contributed by atoms with E-state index in [4.69, 9.17) is 23.2 Å². The molecule has 2 N–H and O–H groups in total. The van der Waals surface area contributed by atoms with Crippen molar-refractivity contribution < 1.29 is 9.50 Å². The zero-order valence-corrected chi connectivity index (χ0v) is 9.03. The molecule has 0 aliphatic heterocycles. The highest BCUT2D eigenvalue weighted by Crippen LogP contribution is 2.27. The number of benzene rings is 1. The van der Waals surface area contributed by atoms with E-state index in [-0.39, 0.29) is 10.0 Å². The summed E-state index contributed by atoms with van der Waals surface area (Å²) in [4.78, 5) is 0. The van der Waals surface area contributed by atoms with Crippen LogP contribution >= 0.6 is 23.2 Å². The first-order valence-corrected chi connectivity index (χ1v) is 4.79. The molecule has 78 valence electrons. The monoisotopic (exact) mass is 237 g/mol. The second kappa shape index (κ2) is 4.94. The van der Waals surface area contributed by atoms with Gasteiger partial charge in [-0.25, -0.2) is 4.39 Å². The molecule has 0 saturated carbocycles. The Bertz CT molecular complexity index is 310. The van der Waals surface area contributed by atoms with Gasteiger partial charge in [-0.3, -0.25) is 0 Å². The third kappa shape index (κ3) is 2.58. The number of hydrogen-bond donors (Lipinski definition) is 2. The number of likely N-dealkylation sites (N-methyl/N-ethyl adjacent to an activating group) is 1. The van der Waals surface area contributed by atoms with E-state index in [1.165, 1.54) is 12.1 Å². The predicted molar refractivity (Wildman–Crippen MR) is 55.3 cm³/mol. The third-order valence-electron chi connectivity index (χ3n) is 1.79. The maximum Gasteiger partial charge on any atom is 0.160 e. The SMILES string of the molecule is CNCC(O)c1cc(Cl)c(F)c(Cl)c1. The van der Waals surface area contributed by atoms with Crippen molar-refractivity contribution in [2.24, 2.45) is 0 Å². The Kier molecular flexibility index (Phi) is 4.13. The van der Waals surface area contributed by atoms with Gasteiger partial charge in [0.25, 0.3) is 0 Å². The van der Waals surface area contributed by atoms with E-state index in [2.05, 4.69) is 5.32 Å². The fourth-order valence-electron chi connectivity index (χ4n) is 1.08. The number of rotatable bonds is 3. The van der Waals surface area contributed by atoms with Gasteiger partial charge in [-0.1, -0.05) is 23.2 Å². The summed E-state index contributed by atoms with van der Waals surface area (Å²) in [5.41, 5.74) is 0.496. The molecule has 1 aromatic rings. The first-order chi connectivity index (χ1) is 6.56. The molecule has 0 fully saturated rings. The summed E-state index contributed by atoms with van der Waals surface area (Å²) < 4.78 is 13.0. The smallest absolute Gasteiger partial charge is 0.160 e. The Morgan fingerprint density at radius 3 is 2.36 bits per heavy atom. The average Bonchev–Trinajstić information content (AvgIpc) is 2.13. The van der Waals surface area contributed by atoms with Crippen LogP contribution in [-0.2, 0) is 0 Å². The minimum absolute atomic E-state index is 0.0809. The lowest BCUT2D eigenvalue weighted by Gasteiger charge is -2.11. The molecule has 0 saturated heterocycles. The average molecular weight is 238 g/mol. The topological polar surface area (TPSA) is 32.3 Å². The van der Waals surface area contributed by atoms with Crippen molar-refractivity contribution in [3.63, 3.8) is 0 Å². The summed E-state index contributed by atoms with van der Waals surface area (Å²) in [5, 5.41) is 12.2. The first-order valence-electron chi connectivity index (χ1n) is 4.03. The summed E-state index contributed by atoms with van der Waals surface area (Å²) in [6.45, 7) is 0.359. The maximum atomic E-state index is 13.0. The van der Waals surface area contributed by atoms with E-state index in [1.807, 2.05) is 0 Å². The van der Waals surface area contributed by atoms with Crippen molar-refractivity contribution in [3.05, 3.63) is 33.6 Å². The first kappa shape index (κ1) is 11.7. The number of halogens is 3. The highest BCUT2D eigenvalue weighted by atomic mass is 35.5. The Labute approximate surface area is 91.6 Å². The van der Waals surface area contributed by atoms with Crippen molar-refractivity contribution in [2.75, 3.05) is 13.6 Å². The lowest BCUT2D eigenvalue weighted by molar-refractivity contribution is 0.177. The van der Waals surface area contributed by atoms with Crippen LogP contribution in [0.5, 0.6) is 0 Å². The minimum Gasteiger partial charge on any atom is -0.387 e. The quantitative estimate of drug-likeness (QED) is 0.792. The molecule has 1 aromatic carbocycles. The molecular weight excluding hydrogens is 228 g/mol. The molecule has 0 heterocycles. The second-order valence-electron chi connectivity index (χ2n) is 2.87. The fraction of sp³-hybridized carbons (Fsp3) is 0.333. The Hall–Kier alpha value is -0.350. The molecule has 2 nitrogen and oxygen atoms in total. The number of aliphatic hydroxyl groups is 1. The van der Waals surface area contributed by atoms with Gasteiger partial charge in [-0.05, 0) is 24.7 Å². The van der Waals surface area contributed by atoms with E-state index in [0.717, 1.165) is 0 Å². The van der Waals surface area contributed by atoms with Crippen molar-refractivity contribution in [1.82, 2.24) is 5.32 Å². The standard InChI is InChI=1S/C9H10Cl2FNO/c1-13-4-8(14)5-2-6(10)9(12)7(11)3-5/h2-3,8,13-14H,4H2,1H3. The van der Waals surface area contributed by atoms with Crippen LogP contribution in [0.2, 0.25) is 10.0 Å². The fourth-order valence-corrected chi connectivity index (χ4v) is 1.58. The van der Waals surface area contributed by atoms with Gasteiger partial charge < -0.3 is 10.4 Å². The Morgan fingerprint density at radius 2 is 1.93 bits per heavy atom. The minimum atomic E-state index is -0.740. The number of aliphatic hydroxyl groups excluding tert-OH is 1. The van der Waals surface area contributed by atoms with Crippen LogP contribution in [0, 0.1) is 5.82 Å². The molecule has 5 heteroatoms. The molecule has 0 amide bonds. The molecule has 14 heavy (non-hydrogen) atoms. The summed E-state index contributed by atoms with van der Waals surface area (Å²) in [7, 11) is 1.70. The third-order valence-corrected chi connectivity index (χ3v) is 2.34. The van der Waals surface area contributed by atoms with Crippen LogP contribution in [0.25, 0.3) is 0 Å². The van der Waals surface area contributed by atoms with Gasteiger partial charge in [-0.2, -0.15) is 0 Å². The second-order valence-corrected chi connectivity index (χ2v) is 3.69. The normalized spacial score (nSPS) is 12.9. The summed E-state index contributed by atoms with van der Waals surface area (Å²) in [6.07, 6.45) is -0.740. The van der Waals surface area contributed by atoms with Crippen LogP contribution < -0.4 is 5.32 Å². The van der Waals surface area contributed by atoms with Crippen molar-refractivity contribution in [3.8, 4) is 0 Å². The highest BCUT2D eigenvalue weighted by molar-refractivity contribution is 6.35. The van der Waals surface area contributed by atoms with Crippen LogP contribution in [0.3, 0.4) is 0 Å². The van der Waals surface area contributed by atoms with Crippen LogP contribution in [0.4, 0.5) is 4.39 Å². The lowest BCUT2D eigenvalue weighted by atomic mass is 10.1. The predicted octanol–water partition coefficient (Wildman–Crippen LogP) is 2.39. The number of nitrogens with one attached hydrogen (secondary N) is 1.